The summed E-state index contributed by atoms with van der Waals surface area (Å²) in [5, 5.41) is 32.1. The van der Waals surface area contributed by atoms with Gasteiger partial charge >= 0.3 is 17.3 Å². The molecule has 1 aromatic heterocycles. The van der Waals surface area contributed by atoms with Gasteiger partial charge in [0, 0.05) is 4.98 Å². The van der Waals surface area contributed by atoms with E-state index in [1.165, 1.54) is 22.6 Å². The smallest absolute Gasteiger partial charge is 0.418 e. The molecule has 1 heterocycles. The van der Waals surface area contributed by atoms with Crippen molar-refractivity contribution < 1.29 is 19.5 Å². The monoisotopic (exact) mass is 370 g/mol. The van der Waals surface area contributed by atoms with E-state index in [-0.39, 0.29) is 0 Å². The van der Waals surface area contributed by atoms with Crippen LogP contribution in [0.15, 0.2) is 0 Å². The molecule has 0 amide bonds. The van der Waals surface area contributed by atoms with E-state index in [1.807, 2.05) is 0 Å². The molecule has 18 heavy (non-hydrogen) atoms. The summed E-state index contributed by atoms with van der Waals surface area (Å²) in [5.74, 6) is -2.76. The number of methoxy groups -OCH3 is 1. The van der Waals surface area contributed by atoms with Gasteiger partial charge in [0.25, 0.3) is 5.75 Å². The first-order chi connectivity index (χ1) is 8.31. The zero-order valence-corrected chi connectivity index (χ0v) is 10.7. The fourth-order valence-electron chi connectivity index (χ4n) is 1.11. The zero-order chi connectivity index (χ0) is 14.0. The van der Waals surface area contributed by atoms with Crippen LogP contribution in [-0.4, -0.2) is 26.9 Å². The van der Waals surface area contributed by atoms with Gasteiger partial charge in [0.15, 0.2) is 3.57 Å². The van der Waals surface area contributed by atoms with Crippen molar-refractivity contribution in [3.8, 4) is 5.75 Å². The molecule has 0 saturated heterocycles. The predicted octanol–water partition coefficient (Wildman–Crippen LogP) is 1.42. The summed E-state index contributed by atoms with van der Waals surface area (Å²) in [6.07, 6.45) is 0. The molecule has 1 aromatic rings. The molecule has 0 fully saturated rings. The number of hydrogen-bond donors (Lipinski definition) is 0. The minimum Gasteiger partial charge on any atom is -0.484 e. The second kappa shape index (κ2) is 5.03. The highest BCUT2D eigenvalue weighted by atomic mass is 127. The minimum atomic E-state index is -1.09. The van der Waals surface area contributed by atoms with E-state index in [9.17, 15) is 30.3 Å². The first kappa shape index (κ1) is 13.9. The maximum atomic E-state index is 10.8. The third kappa shape index (κ3) is 2.27. The zero-order valence-electron chi connectivity index (χ0n) is 8.52. The normalized spacial score (nSPS) is 9.89. The van der Waals surface area contributed by atoms with E-state index in [4.69, 9.17) is 0 Å². The first-order valence-corrected chi connectivity index (χ1v) is 5.09. The Kier molecular flexibility index (Phi) is 3.89. The van der Waals surface area contributed by atoms with Crippen molar-refractivity contribution >= 4 is 39.9 Å². The second-order valence-electron chi connectivity index (χ2n) is 2.73. The summed E-state index contributed by atoms with van der Waals surface area (Å²) in [6, 6.07) is 0. The van der Waals surface area contributed by atoms with Crippen LogP contribution >= 0.6 is 22.6 Å². The molecule has 0 aliphatic heterocycles. The number of rotatable bonds is 4. The number of nitro groups is 3. The maximum Gasteiger partial charge on any atom is 0.418 e. The van der Waals surface area contributed by atoms with Gasteiger partial charge in [0.1, 0.15) is 0 Å². The van der Waals surface area contributed by atoms with Gasteiger partial charge in [-0.05, 0) is 32.4 Å². The quantitative estimate of drug-likeness (QED) is 0.438. The number of hydrogen-bond acceptors (Lipinski definition) is 8. The van der Waals surface area contributed by atoms with E-state index in [1.54, 1.807) is 0 Å². The van der Waals surface area contributed by atoms with Gasteiger partial charge < -0.3 is 25.0 Å². The molecule has 0 aliphatic rings. The molecule has 0 spiro atoms. The Balaban J connectivity index is 3.81. The molecule has 1 rings (SSSR count). The predicted molar refractivity (Wildman–Crippen MR) is 63.5 cm³/mol. The van der Waals surface area contributed by atoms with E-state index in [0.29, 0.717) is 0 Å². The minimum absolute atomic E-state index is 0.440. The molecule has 0 bridgehead atoms. The summed E-state index contributed by atoms with van der Waals surface area (Å²) in [4.78, 5) is 32.1. The Morgan fingerprint density at radius 3 is 1.89 bits per heavy atom. The number of halogens is 1. The van der Waals surface area contributed by atoms with Crippen molar-refractivity contribution in [2.75, 3.05) is 7.11 Å². The molecule has 0 saturated carbocycles. The van der Waals surface area contributed by atoms with Crippen molar-refractivity contribution in [3.63, 3.8) is 0 Å². The van der Waals surface area contributed by atoms with Crippen LogP contribution in [0.4, 0.5) is 17.3 Å². The Morgan fingerprint density at radius 1 is 1.06 bits per heavy atom. The highest BCUT2D eigenvalue weighted by Gasteiger charge is 2.38. The van der Waals surface area contributed by atoms with Gasteiger partial charge in [-0.15, -0.1) is 0 Å². The highest BCUT2D eigenvalue weighted by Crippen LogP contribution is 2.42. The standard InChI is InChI=1S/C6H3IN4O7/c1-18-4-3(9(12)13)2(7)5(10(14)15)8-6(4)11(16)17/h1H3. The first-order valence-electron chi connectivity index (χ1n) is 4.01. The van der Waals surface area contributed by atoms with Gasteiger partial charge in [-0.3, -0.25) is 10.1 Å². The second-order valence-corrected chi connectivity index (χ2v) is 3.80. The van der Waals surface area contributed by atoms with Crippen LogP contribution in [-0.2, 0) is 0 Å². The average molecular weight is 370 g/mol. The van der Waals surface area contributed by atoms with Crippen molar-refractivity contribution in [2.24, 2.45) is 0 Å². The third-order valence-corrected chi connectivity index (χ3v) is 2.76. The average Bonchev–Trinajstić information content (AvgIpc) is 2.26. The fraction of sp³-hybridized carbons (Fsp3) is 0.167. The van der Waals surface area contributed by atoms with Gasteiger partial charge in [0.2, 0.25) is 0 Å². The van der Waals surface area contributed by atoms with Crippen LogP contribution in [0, 0.1) is 33.9 Å². The molecule has 11 nitrogen and oxygen atoms in total. The van der Waals surface area contributed by atoms with Crippen LogP contribution < -0.4 is 4.74 Å². The number of nitrogens with zero attached hydrogens (tertiary/aromatic N) is 4. The lowest BCUT2D eigenvalue weighted by Crippen LogP contribution is -2.07. The molecular weight excluding hydrogens is 367 g/mol. The Morgan fingerprint density at radius 2 is 1.56 bits per heavy atom. The van der Waals surface area contributed by atoms with E-state index in [2.05, 4.69) is 9.72 Å². The molecule has 0 radical (unpaired) electrons. The Labute approximate surface area is 111 Å². The SMILES string of the molecule is COc1c([N+](=O)[O-])nc([N+](=O)[O-])c(I)c1[N+](=O)[O-]. The fourth-order valence-corrected chi connectivity index (χ4v) is 1.87. The van der Waals surface area contributed by atoms with Crippen LogP contribution in [0.2, 0.25) is 0 Å². The Bertz CT molecular complexity index is 559. The van der Waals surface area contributed by atoms with Crippen molar-refractivity contribution in [3.05, 3.63) is 33.9 Å². The summed E-state index contributed by atoms with van der Waals surface area (Å²) in [7, 11) is 0.971. The lowest BCUT2D eigenvalue weighted by atomic mass is 10.3. The molecule has 0 N–H and O–H groups in total. The van der Waals surface area contributed by atoms with Gasteiger partial charge in [-0.2, -0.15) is 0 Å². The van der Waals surface area contributed by atoms with Crippen LogP contribution in [0.5, 0.6) is 5.75 Å². The topological polar surface area (TPSA) is 152 Å². The van der Waals surface area contributed by atoms with Crippen molar-refractivity contribution in [1.29, 1.82) is 0 Å². The largest absolute Gasteiger partial charge is 0.484 e. The lowest BCUT2D eigenvalue weighted by Gasteiger charge is -2.04. The third-order valence-electron chi connectivity index (χ3n) is 1.77. The molecule has 12 heteroatoms. The molecule has 96 valence electrons. The number of pyridine rings is 1. The summed E-state index contributed by atoms with van der Waals surface area (Å²) in [6.45, 7) is 0. The van der Waals surface area contributed by atoms with Gasteiger partial charge in [0.05, 0.1) is 12.0 Å². The van der Waals surface area contributed by atoms with Crippen LogP contribution in [0.25, 0.3) is 0 Å². The van der Waals surface area contributed by atoms with Gasteiger partial charge in [-0.1, -0.05) is 0 Å². The molecule has 0 unspecified atom stereocenters. The highest BCUT2D eigenvalue weighted by molar-refractivity contribution is 14.1. The molecular formula is C6H3IN4O7. The lowest BCUT2D eigenvalue weighted by molar-refractivity contribution is -0.412. The Hall–Kier alpha value is -2.12. The maximum absolute atomic E-state index is 10.8. The van der Waals surface area contributed by atoms with Crippen molar-refractivity contribution in [1.82, 2.24) is 4.98 Å². The summed E-state index contributed by atoms with van der Waals surface area (Å²) < 4.78 is 4.10. The molecule has 0 aliphatic carbocycles. The molecule has 0 aromatic carbocycles. The number of aromatic nitrogens is 1. The van der Waals surface area contributed by atoms with Crippen LogP contribution in [0.1, 0.15) is 0 Å². The summed E-state index contributed by atoms with van der Waals surface area (Å²) >= 11 is 1.31. The van der Waals surface area contributed by atoms with E-state index >= 15 is 0 Å². The van der Waals surface area contributed by atoms with Crippen LogP contribution in [0.3, 0.4) is 0 Å². The summed E-state index contributed by atoms with van der Waals surface area (Å²) in [5.41, 5.74) is -0.855. The van der Waals surface area contributed by atoms with E-state index < -0.39 is 41.4 Å². The van der Waals surface area contributed by atoms with Crippen molar-refractivity contribution in [2.45, 2.75) is 0 Å². The van der Waals surface area contributed by atoms with Gasteiger partial charge in [-0.25, -0.2) is 0 Å². The molecule has 0 atom stereocenters. The number of ether oxygens (including phenoxy) is 1. The van der Waals surface area contributed by atoms with E-state index in [0.717, 1.165) is 7.11 Å².